The Hall–Kier alpha value is -2.71. The van der Waals surface area contributed by atoms with Crippen LogP contribution in [0.1, 0.15) is 38.2 Å². The highest BCUT2D eigenvalue weighted by atomic mass is 19.1. The van der Waals surface area contributed by atoms with E-state index in [4.69, 9.17) is 15.0 Å². The van der Waals surface area contributed by atoms with Gasteiger partial charge >= 0.3 is 7.12 Å². The molecule has 146 valence electrons. The number of fused-ring (bicyclic) bond motifs is 1. The largest absolute Gasteiger partial charge is 0.495 e. The second kappa shape index (κ2) is 7.37. The van der Waals surface area contributed by atoms with Gasteiger partial charge in [0.15, 0.2) is 0 Å². The molecule has 0 unspecified atom stereocenters. The lowest BCUT2D eigenvalue weighted by atomic mass is 9.80. The Balaban J connectivity index is 1.81. The van der Waals surface area contributed by atoms with Crippen molar-refractivity contribution in [2.75, 3.05) is 0 Å². The molecule has 0 aromatic carbocycles. The van der Waals surface area contributed by atoms with Gasteiger partial charge in [0.2, 0.25) is 5.78 Å². The number of nitrogens with zero attached hydrogens (tertiary/aromatic N) is 2. The lowest BCUT2D eigenvalue weighted by Crippen LogP contribution is -2.41. The third-order valence-electron chi connectivity index (χ3n) is 5.09. The molecular formula is C20H23BFN3O3. The Morgan fingerprint density at radius 2 is 1.86 bits per heavy atom. The van der Waals surface area contributed by atoms with Crippen LogP contribution >= 0.6 is 0 Å². The molecule has 6 nitrogen and oxygen atoms in total. The number of rotatable bonds is 5. The van der Waals surface area contributed by atoms with E-state index in [1.165, 1.54) is 24.4 Å². The van der Waals surface area contributed by atoms with E-state index in [-0.39, 0.29) is 5.78 Å². The summed E-state index contributed by atoms with van der Waals surface area (Å²) in [5, 5.41) is 0. The number of ketones is 1. The first-order valence-corrected chi connectivity index (χ1v) is 8.94. The van der Waals surface area contributed by atoms with Gasteiger partial charge in [0.25, 0.3) is 0 Å². The van der Waals surface area contributed by atoms with Crippen molar-refractivity contribution in [3.8, 4) is 0 Å². The summed E-state index contributed by atoms with van der Waals surface area (Å²) in [7, 11) is -0.499. The number of nitrogens with two attached hydrogens (primary N) is 1. The molecule has 1 saturated heterocycles. The highest BCUT2D eigenvalue weighted by Gasteiger charge is 2.51. The zero-order valence-electron chi connectivity index (χ0n) is 16.3. The summed E-state index contributed by atoms with van der Waals surface area (Å²) in [6, 6.07) is 3.68. The Bertz CT molecular complexity index is 976. The zero-order chi connectivity index (χ0) is 20.5. The molecule has 28 heavy (non-hydrogen) atoms. The first kappa shape index (κ1) is 20.0. The minimum absolute atomic E-state index is 0.252. The summed E-state index contributed by atoms with van der Waals surface area (Å²) < 4.78 is 26.7. The molecule has 1 aliphatic heterocycles. The van der Waals surface area contributed by atoms with Gasteiger partial charge in [-0.15, -0.1) is 0 Å². The fourth-order valence-corrected chi connectivity index (χ4v) is 2.74. The van der Waals surface area contributed by atoms with E-state index in [1.54, 1.807) is 10.6 Å². The van der Waals surface area contributed by atoms with E-state index in [9.17, 15) is 9.18 Å². The maximum atomic E-state index is 12.9. The molecule has 0 aliphatic carbocycles. The Morgan fingerprint density at radius 3 is 2.50 bits per heavy atom. The number of aromatic nitrogens is 2. The quantitative estimate of drug-likeness (QED) is 0.372. The van der Waals surface area contributed by atoms with Gasteiger partial charge in [0.05, 0.1) is 17.4 Å². The second-order valence-electron chi connectivity index (χ2n) is 7.55. The minimum atomic E-state index is -0.581. The van der Waals surface area contributed by atoms with Crippen molar-refractivity contribution >= 4 is 24.0 Å². The van der Waals surface area contributed by atoms with Gasteiger partial charge in [-0.05, 0) is 57.4 Å². The summed E-state index contributed by atoms with van der Waals surface area (Å²) in [5.74, 6) is -0.834. The van der Waals surface area contributed by atoms with Crippen LogP contribution in [0, 0.1) is 0 Å². The average Bonchev–Trinajstić information content (AvgIpc) is 3.15. The van der Waals surface area contributed by atoms with Crippen LogP contribution in [0.4, 0.5) is 4.39 Å². The highest BCUT2D eigenvalue weighted by Crippen LogP contribution is 2.36. The molecule has 2 N–H and O–H groups in total. The van der Waals surface area contributed by atoms with Gasteiger partial charge in [-0.1, -0.05) is 12.2 Å². The van der Waals surface area contributed by atoms with Crippen LogP contribution in [0.5, 0.6) is 0 Å². The van der Waals surface area contributed by atoms with Gasteiger partial charge in [-0.25, -0.2) is 9.37 Å². The highest BCUT2D eigenvalue weighted by molar-refractivity contribution is 6.62. The predicted octanol–water partition coefficient (Wildman–Crippen LogP) is 2.70. The molecular weight excluding hydrogens is 360 g/mol. The third-order valence-corrected chi connectivity index (χ3v) is 5.09. The molecule has 0 spiro atoms. The SMILES string of the molecule is CC1(C)OB(c2ccn3c(C(=O)\C=C/C=C\C(F)=C\N)cnc3c2)OC1(C)C. The number of carbonyl (C=O) groups is 1. The lowest BCUT2D eigenvalue weighted by molar-refractivity contribution is 0.00578. The molecule has 3 heterocycles. The first-order chi connectivity index (χ1) is 13.1. The van der Waals surface area contributed by atoms with E-state index in [2.05, 4.69) is 4.98 Å². The Labute approximate surface area is 163 Å². The average molecular weight is 383 g/mol. The minimum Gasteiger partial charge on any atom is -0.402 e. The number of allylic oxidation sites excluding steroid dienone is 5. The zero-order valence-corrected chi connectivity index (χ0v) is 16.3. The summed E-state index contributed by atoms with van der Waals surface area (Å²) in [4.78, 5) is 16.7. The van der Waals surface area contributed by atoms with E-state index in [1.807, 2.05) is 39.8 Å². The van der Waals surface area contributed by atoms with Crippen molar-refractivity contribution < 1.29 is 18.5 Å². The number of hydrogen-bond acceptors (Lipinski definition) is 5. The Morgan fingerprint density at radius 1 is 1.21 bits per heavy atom. The van der Waals surface area contributed by atoms with Crippen LogP contribution in [0.2, 0.25) is 0 Å². The predicted molar refractivity (Wildman–Crippen MR) is 107 cm³/mol. The molecule has 0 bridgehead atoms. The molecule has 0 radical (unpaired) electrons. The molecule has 0 saturated carbocycles. The second-order valence-corrected chi connectivity index (χ2v) is 7.55. The maximum Gasteiger partial charge on any atom is 0.495 e. The molecule has 0 amide bonds. The molecule has 2 aromatic rings. The van der Waals surface area contributed by atoms with Crippen LogP contribution < -0.4 is 11.2 Å². The van der Waals surface area contributed by atoms with E-state index >= 15 is 0 Å². The standard InChI is InChI=1S/C20H23BFN3O3/c1-19(2)20(3,4)28-21(27-19)14-9-10-25-16(13-24-18(25)11-14)17(26)8-6-5-7-15(22)12-23/h5-13H,23H2,1-4H3/b7-5-,8-6-,15-12-. The third kappa shape index (κ3) is 3.79. The molecule has 1 aliphatic rings. The van der Waals surface area contributed by atoms with Gasteiger partial charge < -0.3 is 15.0 Å². The first-order valence-electron chi connectivity index (χ1n) is 8.94. The summed E-state index contributed by atoms with van der Waals surface area (Å²) in [5.41, 5.74) is 6.00. The van der Waals surface area contributed by atoms with Crippen LogP contribution in [-0.4, -0.2) is 33.5 Å². The number of pyridine rings is 1. The smallest absolute Gasteiger partial charge is 0.402 e. The van der Waals surface area contributed by atoms with Crippen molar-refractivity contribution in [3.63, 3.8) is 0 Å². The number of halogens is 1. The van der Waals surface area contributed by atoms with Crippen molar-refractivity contribution in [1.29, 1.82) is 0 Å². The number of hydrogen-bond donors (Lipinski definition) is 1. The summed E-state index contributed by atoms with van der Waals surface area (Å²) in [6.45, 7) is 7.98. The van der Waals surface area contributed by atoms with Crippen molar-refractivity contribution in [1.82, 2.24) is 9.38 Å². The van der Waals surface area contributed by atoms with Crippen molar-refractivity contribution in [2.24, 2.45) is 5.73 Å². The molecule has 3 rings (SSSR count). The molecule has 2 aromatic heterocycles. The van der Waals surface area contributed by atoms with Gasteiger partial charge in [-0.3, -0.25) is 9.20 Å². The van der Waals surface area contributed by atoms with Crippen molar-refractivity contribution in [2.45, 2.75) is 38.9 Å². The van der Waals surface area contributed by atoms with Crippen LogP contribution in [0.3, 0.4) is 0 Å². The van der Waals surface area contributed by atoms with Gasteiger partial charge in [0, 0.05) is 12.4 Å². The topological polar surface area (TPSA) is 78.9 Å². The fraction of sp³-hybridized carbons (Fsp3) is 0.300. The fourth-order valence-electron chi connectivity index (χ4n) is 2.74. The van der Waals surface area contributed by atoms with Gasteiger partial charge in [-0.2, -0.15) is 0 Å². The van der Waals surface area contributed by atoms with Crippen LogP contribution in [-0.2, 0) is 9.31 Å². The number of imidazole rings is 1. The summed E-state index contributed by atoms with van der Waals surface area (Å²) >= 11 is 0. The van der Waals surface area contributed by atoms with E-state index in [0.717, 1.165) is 17.7 Å². The lowest BCUT2D eigenvalue weighted by Gasteiger charge is -2.32. The molecule has 0 atom stereocenters. The van der Waals surface area contributed by atoms with Crippen LogP contribution in [0.25, 0.3) is 5.65 Å². The van der Waals surface area contributed by atoms with E-state index in [0.29, 0.717) is 11.3 Å². The molecule has 8 heteroatoms. The number of carbonyl (C=O) groups excluding carboxylic acids is 1. The van der Waals surface area contributed by atoms with Crippen LogP contribution in [0.15, 0.2) is 60.9 Å². The van der Waals surface area contributed by atoms with E-state index < -0.39 is 24.1 Å². The van der Waals surface area contributed by atoms with Crippen molar-refractivity contribution in [3.05, 3.63) is 66.6 Å². The van der Waals surface area contributed by atoms with Gasteiger partial charge in [0.1, 0.15) is 17.2 Å². The maximum absolute atomic E-state index is 12.9. The summed E-state index contributed by atoms with van der Waals surface area (Å²) in [6.07, 6.45) is 9.45. The Kier molecular flexibility index (Phi) is 5.27. The normalized spacial score (nSPS) is 19.3. The molecule has 1 fully saturated rings. The monoisotopic (exact) mass is 383 g/mol.